The molecule has 0 spiro atoms. The van der Waals surface area contributed by atoms with Crippen LogP contribution in [0.3, 0.4) is 0 Å². The number of rotatable bonds is 4. The lowest BCUT2D eigenvalue weighted by Crippen LogP contribution is -1.99. The van der Waals surface area contributed by atoms with Gasteiger partial charge in [-0.2, -0.15) is 0 Å². The molecule has 1 aromatic carbocycles. The lowest BCUT2D eigenvalue weighted by molar-refractivity contribution is 0.408. The van der Waals surface area contributed by atoms with E-state index in [1.807, 2.05) is 11.8 Å². The van der Waals surface area contributed by atoms with E-state index in [1.54, 1.807) is 7.11 Å². The highest BCUT2D eigenvalue weighted by molar-refractivity contribution is 7.98. The van der Waals surface area contributed by atoms with Crippen LogP contribution in [0.2, 0.25) is 0 Å². The summed E-state index contributed by atoms with van der Waals surface area (Å²) in [7, 11) is 1.74. The number of thioether (sulfide) groups is 1. The van der Waals surface area contributed by atoms with Gasteiger partial charge in [0, 0.05) is 10.5 Å². The van der Waals surface area contributed by atoms with Crippen molar-refractivity contribution < 1.29 is 4.74 Å². The molecule has 0 aliphatic carbocycles. The fraction of sp³-hybridized carbons (Fsp3) is 0.538. The molecule has 0 bridgehead atoms. The number of hydrogen-bond acceptors (Lipinski definition) is 2. The number of methoxy groups -OCH3 is 1. The molecular weight excluding hydrogens is 204 g/mol. The molecule has 0 aliphatic heterocycles. The summed E-state index contributed by atoms with van der Waals surface area (Å²) in [6.45, 7) is 6.66. The number of ether oxygens (including phenoxy) is 1. The average molecular weight is 224 g/mol. The molecule has 1 nitrogen and oxygen atoms in total. The van der Waals surface area contributed by atoms with Gasteiger partial charge in [-0.05, 0) is 30.2 Å². The quantitative estimate of drug-likeness (QED) is 0.712. The van der Waals surface area contributed by atoms with E-state index in [4.69, 9.17) is 4.74 Å². The van der Waals surface area contributed by atoms with E-state index in [9.17, 15) is 0 Å². The highest BCUT2D eigenvalue weighted by Gasteiger charge is 2.13. The van der Waals surface area contributed by atoms with Crippen molar-refractivity contribution in [2.24, 2.45) is 0 Å². The van der Waals surface area contributed by atoms with Gasteiger partial charge in [-0.3, -0.25) is 0 Å². The smallest absolute Gasteiger partial charge is 0.123 e. The lowest BCUT2D eigenvalue weighted by Gasteiger charge is -2.17. The van der Waals surface area contributed by atoms with Gasteiger partial charge in [-0.1, -0.05) is 26.8 Å². The van der Waals surface area contributed by atoms with Crippen molar-refractivity contribution in [2.75, 3.05) is 13.4 Å². The molecule has 0 aliphatic rings. The van der Waals surface area contributed by atoms with E-state index >= 15 is 0 Å². The first-order valence-corrected chi connectivity index (χ1v) is 6.61. The zero-order valence-electron chi connectivity index (χ0n) is 10.3. The molecule has 1 aromatic rings. The Morgan fingerprint density at radius 3 is 2.40 bits per heavy atom. The summed E-state index contributed by atoms with van der Waals surface area (Å²) < 4.78 is 5.40. The number of hydrogen-bond donors (Lipinski definition) is 0. The Morgan fingerprint density at radius 1 is 1.33 bits per heavy atom. The molecule has 0 saturated carbocycles. The lowest BCUT2D eigenvalue weighted by atomic mass is 9.99. The van der Waals surface area contributed by atoms with Crippen molar-refractivity contribution in [3.05, 3.63) is 23.3 Å². The second-order valence-corrected chi connectivity index (χ2v) is 4.69. The predicted octanol–water partition coefficient (Wildman–Crippen LogP) is 4.10. The Hall–Kier alpha value is -0.630. The molecular formula is C13H20OS. The van der Waals surface area contributed by atoms with E-state index in [1.165, 1.54) is 16.0 Å². The molecule has 84 valence electrons. The molecule has 0 heterocycles. The average Bonchev–Trinajstić information content (AvgIpc) is 2.26. The van der Waals surface area contributed by atoms with E-state index in [0.717, 1.165) is 12.2 Å². The van der Waals surface area contributed by atoms with E-state index < -0.39 is 0 Å². The van der Waals surface area contributed by atoms with Crippen molar-refractivity contribution in [3.8, 4) is 5.75 Å². The van der Waals surface area contributed by atoms with Crippen molar-refractivity contribution in [3.63, 3.8) is 0 Å². The summed E-state index contributed by atoms with van der Waals surface area (Å²) in [4.78, 5) is 1.40. The van der Waals surface area contributed by atoms with Crippen LogP contribution in [0.1, 0.15) is 37.8 Å². The molecule has 0 unspecified atom stereocenters. The van der Waals surface area contributed by atoms with Gasteiger partial charge in [0.2, 0.25) is 0 Å². The molecule has 0 radical (unpaired) electrons. The van der Waals surface area contributed by atoms with Gasteiger partial charge in [-0.15, -0.1) is 11.8 Å². The first kappa shape index (κ1) is 12.4. The van der Waals surface area contributed by atoms with Gasteiger partial charge in [-0.25, -0.2) is 0 Å². The summed E-state index contributed by atoms with van der Waals surface area (Å²) >= 11 is 1.82. The molecule has 1 rings (SSSR count). The maximum Gasteiger partial charge on any atom is 0.123 e. The van der Waals surface area contributed by atoms with Crippen LogP contribution >= 0.6 is 11.8 Å². The van der Waals surface area contributed by atoms with Gasteiger partial charge in [0.1, 0.15) is 5.75 Å². The van der Waals surface area contributed by atoms with Crippen molar-refractivity contribution in [1.82, 2.24) is 0 Å². The van der Waals surface area contributed by atoms with Crippen molar-refractivity contribution in [1.29, 1.82) is 0 Å². The van der Waals surface area contributed by atoms with E-state index in [2.05, 4.69) is 39.2 Å². The molecule has 0 aromatic heterocycles. The Kier molecular flexibility index (Phi) is 4.52. The molecule has 0 atom stereocenters. The minimum Gasteiger partial charge on any atom is -0.496 e. The van der Waals surface area contributed by atoms with Crippen LogP contribution in [-0.2, 0) is 6.42 Å². The summed E-state index contributed by atoms with van der Waals surface area (Å²) in [5, 5.41) is 0. The van der Waals surface area contributed by atoms with Crippen LogP contribution in [0.15, 0.2) is 17.0 Å². The van der Waals surface area contributed by atoms with Crippen LogP contribution in [0.5, 0.6) is 5.75 Å². The van der Waals surface area contributed by atoms with Crippen LogP contribution in [-0.4, -0.2) is 13.4 Å². The van der Waals surface area contributed by atoms with Gasteiger partial charge >= 0.3 is 0 Å². The zero-order valence-corrected chi connectivity index (χ0v) is 11.1. The monoisotopic (exact) mass is 224 g/mol. The third kappa shape index (κ3) is 2.49. The molecule has 0 amide bonds. The number of benzene rings is 1. The minimum absolute atomic E-state index is 0.573. The predicted molar refractivity (Wildman–Crippen MR) is 68.2 cm³/mol. The molecule has 0 saturated heterocycles. The normalized spacial score (nSPS) is 10.8. The largest absolute Gasteiger partial charge is 0.496 e. The third-order valence-corrected chi connectivity index (χ3v) is 3.54. The van der Waals surface area contributed by atoms with Gasteiger partial charge < -0.3 is 4.74 Å². The highest BCUT2D eigenvalue weighted by atomic mass is 32.2. The third-order valence-electron chi connectivity index (χ3n) is 2.65. The van der Waals surface area contributed by atoms with Crippen LogP contribution in [0.25, 0.3) is 0 Å². The zero-order chi connectivity index (χ0) is 11.4. The van der Waals surface area contributed by atoms with Crippen LogP contribution < -0.4 is 4.74 Å². The summed E-state index contributed by atoms with van der Waals surface area (Å²) in [5.74, 6) is 1.59. The van der Waals surface area contributed by atoms with Crippen molar-refractivity contribution in [2.45, 2.75) is 38.0 Å². The first-order valence-electron chi connectivity index (χ1n) is 5.39. The molecule has 2 heteroatoms. The molecule has 0 fully saturated rings. The minimum atomic E-state index is 0.573. The SMILES string of the molecule is CCc1c(OC)ccc(C(C)C)c1SC. The van der Waals surface area contributed by atoms with E-state index in [-0.39, 0.29) is 0 Å². The fourth-order valence-electron chi connectivity index (χ4n) is 1.85. The Labute approximate surface area is 97.2 Å². The fourth-order valence-corrected chi connectivity index (χ4v) is 2.88. The van der Waals surface area contributed by atoms with Crippen LogP contribution in [0.4, 0.5) is 0 Å². The van der Waals surface area contributed by atoms with Gasteiger partial charge in [0.05, 0.1) is 7.11 Å². The van der Waals surface area contributed by atoms with E-state index in [0.29, 0.717) is 5.92 Å². The summed E-state index contributed by atoms with van der Waals surface area (Å²) in [6, 6.07) is 4.28. The topological polar surface area (TPSA) is 9.23 Å². The molecule has 0 N–H and O–H groups in total. The maximum absolute atomic E-state index is 5.40. The summed E-state index contributed by atoms with van der Waals surface area (Å²) in [5.41, 5.74) is 2.77. The Morgan fingerprint density at radius 2 is 2.00 bits per heavy atom. The Balaban J connectivity index is 3.34. The second kappa shape index (κ2) is 5.45. The maximum atomic E-state index is 5.40. The highest BCUT2D eigenvalue weighted by Crippen LogP contribution is 2.35. The summed E-state index contributed by atoms with van der Waals surface area (Å²) in [6.07, 6.45) is 3.17. The molecule has 15 heavy (non-hydrogen) atoms. The van der Waals surface area contributed by atoms with Crippen molar-refractivity contribution >= 4 is 11.8 Å². The van der Waals surface area contributed by atoms with Gasteiger partial charge in [0.25, 0.3) is 0 Å². The second-order valence-electron chi connectivity index (χ2n) is 3.88. The van der Waals surface area contributed by atoms with Crippen LogP contribution in [0, 0.1) is 0 Å². The Bertz CT molecular complexity index is 332. The van der Waals surface area contributed by atoms with Gasteiger partial charge in [0.15, 0.2) is 0 Å². The first-order chi connectivity index (χ1) is 7.15. The standard InChI is InChI=1S/C13H20OS/c1-6-10-12(14-4)8-7-11(9(2)3)13(10)15-5/h7-9H,6H2,1-5H3.